The number of hydrogen-bond donors (Lipinski definition) is 1. The average Bonchev–Trinajstić information content (AvgIpc) is 2.97. The fourth-order valence-corrected chi connectivity index (χ4v) is 2.80. The van der Waals surface area contributed by atoms with Gasteiger partial charge < -0.3 is 19.7 Å². The number of anilines is 1. The molecule has 1 N–H and O–H groups in total. The Kier molecular flexibility index (Phi) is 5.92. The van der Waals surface area contributed by atoms with E-state index >= 15 is 0 Å². The van der Waals surface area contributed by atoms with Gasteiger partial charge in [-0.15, -0.1) is 0 Å². The fraction of sp³-hybridized carbons (Fsp3) is 0.500. The van der Waals surface area contributed by atoms with Crippen LogP contribution in [-0.2, 0) is 14.3 Å². The number of ether oxygens (including phenoxy) is 2. The first kappa shape index (κ1) is 18.7. The third-order valence-electron chi connectivity index (χ3n) is 4.12. The minimum atomic E-state index is -0.543. The van der Waals surface area contributed by atoms with Crippen molar-refractivity contribution in [2.45, 2.75) is 19.4 Å². The number of non-ortho nitro benzene ring substituents is 1. The molecule has 0 spiro atoms. The topological polar surface area (TPSA) is 111 Å². The molecule has 1 heterocycles. The van der Waals surface area contributed by atoms with E-state index in [4.69, 9.17) is 9.47 Å². The fourth-order valence-electron chi connectivity index (χ4n) is 2.80. The van der Waals surface area contributed by atoms with Gasteiger partial charge in [0.2, 0.25) is 11.8 Å². The van der Waals surface area contributed by atoms with E-state index in [0.29, 0.717) is 18.8 Å². The summed E-state index contributed by atoms with van der Waals surface area (Å²) in [5.41, 5.74) is 0.194. The number of nitrogens with one attached hydrogen (secondary N) is 1. The summed E-state index contributed by atoms with van der Waals surface area (Å²) in [6.07, 6.45) is 0.120. The van der Waals surface area contributed by atoms with Crippen molar-refractivity contribution in [1.82, 2.24) is 4.90 Å². The van der Waals surface area contributed by atoms with Crippen LogP contribution in [0.15, 0.2) is 18.2 Å². The third kappa shape index (κ3) is 4.24. The van der Waals surface area contributed by atoms with E-state index in [1.807, 2.05) is 6.92 Å². The van der Waals surface area contributed by atoms with Crippen molar-refractivity contribution in [3.8, 4) is 5.75 Å². The lowest BCUT2D eigenvalue weighted by Crippen LogP contribution is -2.38. The van der Waals surface area contributed by atoms with Crippen molar-refractivity contribution in [1.29, 1.82) is 0 Å². The number of carbonyl (C=O) groups excluding carboxylic acids is 2. The van der Waals surface area contributed by atoms with Crippen molar-refractivity contribution in [2.75, 3.05) is 32.7 Å². The van der Waals surface area contributed by atoms with Crippen LogP contribution in [0.3, 0.4) is 0 Å². The maximum Gasteiger partial charge on any atom is 0.273 e. The third-order valence-corrected chi connectivity index (χ3v) is 4.12. The molecule has 2 rings (SSSR count). The molecule has 25 heavy (non-hydrogen) atoms. The molecule has 2 amide bonds. The SMILES string of the molecule is COC[C@@H](C)N1C[C@@H](C(=O)Nc2ccc([N+](=O)[O-])cc2OC)CC1=O. The Balaban J connectivity index is 2.08. The predicted molar refractivity (Wildman–Crippen MR) is 89.4 cm³/mol. The molecule has 136 valence electrons. The van der Waals surface area contributed by atoms with Crippen LogP contribution < -0.4 is 10.1 Å². The van der Waals surface area contributed by atoms with Crippen molar-refractivity contribution >= 4 is 23.2 Å². The van der Waals surface area contributed by atoms with E-state index in [2.05, 4.69) is 5.32 Å². The number of hydrogen-bond acceptors (Lipinski definition) is 6. The van der Waals surface area contributed by atoms with Crippen molar-refractivity contribution in [3.05, 3.63) is 28.3 Å². The summed E-state index contributed by atoms with van der Waals surface area (Å²) >= 11 is 0. The van der Waals surface area contributed by atoms with Crippen LogP contribution in [0.25, 0.3) is 0 Å². The average molecular weight is 351 g/mol. The van der Waals surface area contributed by atoms with Gasteiger partial charge in [-0.1, -0.05) is 0 Å². The highest BCUT2D eigenvalue weighted by Crippen LogP contribution is 2.30. The smallest absolute Gasteiger partial charge is 0.273 e. The molecule has 1 aromatic rings. The van der Waals surface area contributed by atoms with Gasteiger partial charge >= 0.3 is 0 Å². The second-order valence-corrected chi connectivity index (χ2v) is 5.88. The van der Waals surface area contributed by atoms with E-state index in [0.717, 1.165) is 0 Å². The molecular formula is C16H21N3O6. The molecule has 0 radical (unpaired) electrons. The molecule has 1 saturated heterocycles. The van der Waals surface area contributed by atoms with Crippen LogP contribution in [0.2, 0.25) is 0 Å². The van der Waals surface area contributed by atoms with Crippen LogP contribution in [0.1, 0.15) is 13.3 Å². The molecule has 9 heteroatoms. The lowest BCUT2D eigenvalue weighted by atomic mass is 10.1. The molecular weight excluding hydrogens is 330 g/mol. The Morgan fingerprint density at radius 3 is 2.80 bits per heavy atom. The molecule has 0 bridgehead atoms. The Bertz CT molecular complexity index is 678. The summed E-state index contributed by atoms with van der Waals surface area (Å²) in [6, 6.07) is 3.83. The summed E-state index contributed by atoms with van der Waals surface area (Å²) in [4.78, 5) is 36.4. The van der Waals surface area contributed by atoms with E-state index in [9.17, 15) is 19.7 Å². The van der Waals surface area contributed by atoms with E-state index in [-0.39, 0.29) is 35.7 Å². The Morgan fingerprint density at radius 1 is 1.48 bits per heavy atom. The van der Waals surface area contributed by atoms with Crippen LogP contribution in [0.5, 0.6) is 5.75 Å². The maximum atomic E-state index is 12.5. The number of benzene rings is 1. The van der Waals surface area contributed by atoms with E-state index in [1.165, 1.54) is 25.3 Å². The standard InChI is InChI=1S/C16H21N3O6/c1-10(9-24-2)18-8-11(6-15(18)20)16(21)17-13-5-4-12(19(22)23)7-14(13)25-3/h4-5,7,10-11H,6,8-9H2,1-3H3,(H,17,21)/t10-,11+/m1/s1. The highest BCUT2D eigenvalue weighted by molar-refractivity contribution is 5.98. The van der Waals surface area contributed by atoms with Gasteiger partial charge in [-0.25, -0.2) is 0 Å². The van der Waals surface area contributed by atoms with Crippen LogP contribution in [-0.4, -0.2) is 55.1 Å². The van der Waals surface area contributed by atoms with Crippen molar-refractivity contribution in [3.63, 3.8) is 0 Å². The highest BCUT2D eigenvalue weighted by Gasteiger charge is 2.36. The minimum absolute atomic E-state index is 0.0969. The molecule has 0 saturated carbocycles. The summed E-state index contributed by atoms with van der Waals surface area (Å²) in [5, 5.41) is 13.5. The second kappa shape index (κ2) is 7.93. The number of rotatable bonds is 7. The molecule has 2 atom stereocenters. The van der Waals surface area contributed by atoms with E-state index in [1.54, 1.807) is 12.0 Å². The maximum absolute atomic E-state index is 12.5. The van der Waals surface area contributed by atoms with Gasteiger partial charge in [-0.05, 0) is 13.0 Å². The van der Waals surface area contributed by atoms with Crippen LogP contribution in [0.4, 0.5) is 11.4 Å². The van der Waals surface area contributed by atoms with Crippen molar-refractivity contribution in [2.24, 2.45) is 5.92 Å². The first-order valence-electron chi connectivity index (χ1n) is 7.79. The van der Waals surface area contributed by atoms with Crippen molar-refractivity contribution < 1.29 is 24.0 Å². The molecule has 9 nitrogen and oxygen atoms in total. The molecule has 0 unspecified atom stereocenters. The number of nitro benzene ring substituents is 1. The highest BCUT2D eigenvalue weighted by atomic mass is 16.6. The molecule has 0 aromatic heterocycles. The number of nitrogens with zero attached hydrogens (tertiary/aromatic N) is 2. The van der Waals surface area contributed by atoms with Gasteiger partial charge in [-0.3, -0.25) is 19.7 Å². The lowest BCUT2D eigenvalue weighted by Gasteiger charge is -2.24. The number of carbonyl (C=O) groups is 2. The second-order valence-electron chi connectivity index (χ2n) is 5.88. The molecule has 1 aromatic carbocycles. The minimum Gasteiger partial charge on any atom is -0.494 e. The van der Waals surface area contributed by atoms with Gasteiger partial charge in [-0.2, -0.15) is 0 Å². The van der Waals surface area contributed by atoms with Gasteiger partial charge in [0, 0.05) is 26.1 Å². The molecule has 1 aliphatic rings. The van der Waals surface area contributed by atoms with Crippen LogP contribution in [0, 0.1) is 16.0 Å². The van der Waals surface area contributed by atoms with Crippen LogP contribution >= 0.6 is 0 Å². The van der Waals surface area contributed by atoms with Gasteiger partial charge in [0.15, 0.2) is 0 Å². The largest absolute Gasteiger partial charge is 0.494 e. The first-order valence-corrected chi connectivity index (χ1v) is 7.79. The van der Waals surface area contributed by atoms with Gasteiger partial charge in [0.1, 0.15) is 5.75 Å². The summed E-state index contributed by atoms with van der Waals surface area (Å²) in [5.74, 6) is -0.726. The number of nitro groups is 1. The Morgan fingerprint density at radius 2 is 2.20 bits per heavy atom. The number of likely N-dealkylation sites (tertiary alicyclic amines) is 1. The zero-order valence-electron chi connectivity index (χ0n) is 14.4. The predicted octanol–water partition coefficient (Wildman–Crippen LogP) is 1.43. The monoisotopic (exact) mass is 351 g/mol. The molecule has 1 fully saturated rings. The normalized spacial score (nSPS) is 18.1. The quantitative estimate of drug-likeness (QED) is 0.587. The first-order chi connectivity index (χ1) is 11.9. The van der Waals surface area contributed by atoms with E-state index < -0.39 is 10.8 Å². The zero-order chi connectivity index (χ0) is 18.6. The number of amides is 2. The Labute approximate surface area is 145 Å². The summed E-state index contributed by atoms with van der Waals surface area (Å²) in [6.45, 7) is 2.57. The van der Waals surface area contributed by atoms with Gasteiger partial charge in [0.05, 0.1) is 42.4 Å². The molecule has 0 aliphatic carbocycles. The summed E-state index contributed by atoms with van der Waals surface area (Å²) < 4.78 is 10.1. The summed E-state index contributed by atoms with van der Waals surface area (Å²) in [7, 11) is 2.92. The lowest BCUT2D eigenvalue weighted by molar-refractivity contribution is -0.384. The Hall–Kier alpha value is -2.68. The molecule has 1 aliphatic heterocycles. The zero-order valence-corrected chi connectivity index (χ0v) is 14.4. The number of methoxy groups -OCH3 is 2. The van der Waals surface area contributed by atoms with Gasteiger partial charge in [0.25, 0.3) is 5.69 Å².